The van der Waals surface area contributed by atoms with Crippen molar-refractivity contribution in [3.05, 3.63) is 88.0 Å². The molecule has 0 saturated carbocycles. The maximum Gasteiger partial charge on any atom is 0.458 e. The van der Waals surface area contributed by atoms with Crippen molar-refractivity contribution in [2.45, 2.75) is 43.7 Å². The summed E-state index contributed by atoms with van der Waals surface area (Å²) in [5, 5.41) is 9.70. The minimum absolute atomic E-state index is 0.120. The number of amides is 1. The van der Waals surface area contributed by atoms with E-state index in [1.54, 1.807) is 0 Å². The third kappa shape index (κ3) is 7.89. The van der Waals surface area contributed by atoms with Crippen molar-refractivity contribution in [3.8, 4) is 16.9 Å². The molecule has 3 rings (SSSR count). The van der Waals surface area contributed by atoms with Crippen molar-refractivity contribution in [2.24, 2.45) is 0 Å². The van der Waals surface area contributed by atoms with Crippen molar-refractivity contribution in [1.82, 2.24) is 4.90 Å². The summed E-state index contributed by atoms with van der Waals surface area (Å²) in [7, 11) is 0.930. The Kier molecular flexibility index (Phi) is 9.34. The summed E-state index contributed by atoms with van der Waals surface area (Å²) in [6.45, 7) is -2.46. The van der Waals surface area contributed by atoms with E-state index in [1.165, 1.54) is 0 Å². The largest absolute Gasteiger partial charge is 0.496 e. The van der Waals surface area contributed by atoms with Crippen LogP contribution in [0.25, 0.3) is 11.1 Å². The summed E-state index contributed by atoms with van der Waals surface area (Å²) in [5.41, 5.74) is -9.58. The van der Waals surface area contributed by atoms with Gasteiger partial charge >= 0.3 is 36.7 Å². The maximum atomic E-state index is 14.1. The van der Waals surface area contributed by atoms with Crippen LogP contribution in [0.2, 0.25) is 0 Å². The van der Waals surface area contributed by atoms with Crippen LogP contribution in [0.5, 0.6) is 5.75 Å². The van der Waals surface area contributed by atoms with Gasteiger partial charge < -0.3 is 9.84 Å². The lowest BCUT2D eigenvalue weighted by atomic mass is 9.93. The molecule has 0 saturated heterocycles. The molecular formula is C27H17F14NO3. The minimum atomic E-state index is -6.11. The number of ether oxygens (including phenoxy) is 1. The zero-order chi connectivity index (χ0) is 34.3. The minimum Gasteiger partial charge on any atom is -0.496 e. The van der Waals surface area contributed by atoms with Crippen molar-refractivity contribution in [2.75, 3.05) is 7.11 Å². The molecule has 0 aliphatic rings. The van der Waals surface area contributed by atoms with Crippen LogP contribution in [0.1, 0.15) is 33.4 Å². The molecule has 0 aromatic heterocycles. The summed E-state index contributed by atoms with van der Waals surface area (Å²) in [4.78, 5) is 12.2. The summed E-state index contributed by atoms with van der Waals surface area (Å²) in [6, 6.07) is 2.64. The Morgan fingerprint density at radius 3 is 1.60 bits per heavy atom. The number of rotatable bonds is 7. The van der Waals surface area contributed by atoms with Crippen molar-refractivity contribution >= 4 is 6.09 Å². The quantitative estimate of drug-likeness (QED) is 0.255. The van der Waals surface area contributed by atoms with Gasteiger partial charge in [0.1, 0.15) is 5.75 Å². The van der Waals surface area contributed by atoms with Gasteiger partial charge in [0, 0.05) is 24.2 Å². The maximum absolute atomic E-state index is 14.1. The normalized spacial score (nSPS) is 13.1. The first-order chi connectivity index (χ1) is 20.4. The first-order valence-electron chi connectivity index (χ1n) is 12.0. The monoisotopic (exact) mass is 669 g/mol. The van der Waals surface area contributed by atoms with E-state index in [0.717, 1.165) is 7.11 Å². The van der Waals surface area contributed by atoms with Gasteiger partial charge in [0.05, 0.1) is 23.8 Å². The predicted molar refractivity (Wildman–Crippen MR) is 127 cm³/mol. The van der Waals surface area contributed by atoms with Crippen LogP contribution >= 0.6 is 0 Å². The van der Waals surface area contributed by atoms with Crippen LogP contribution in [-0.2, 0) is 37.5 Å². The number of hydrogen-bond acceptors (Lipinski definition) is 2. The van der Waals surface area contributed by atoms with Crippen molar-refractivity contribution in [3.63, 3.8) is 0 Å². The van der Waals surface area contributed by atoms with E-state index < -0.39 is 100 Å². The molecule has 0 aliphatic carbocycles. The van der Waals surface area contributed by atoms with Gasteiger partial charge in [0.2, 0.25) is 0 Å². The summed E-state index contributed by atoms with van der Waals surface area (Å²) < 4.78 is 193. The Morgan fingerprint density at radius 1 is 0.644 bits per heavy atom. The molecule has 0 radical (unpaired) electrons. The SMILES string of the molecule is COc1ccc(C(F)(F)C(F)(F)F)cc1-c1ccc(C(F)(F)F)cc1CN(Cc1cc(C(F)(F)F)cc(C(F)(F)F)c1)C(=O)O. The summed E-state index contributed by atoms with van der Waals surface area (Å²) in [6.07, 6.45) is -23.9. The molecule has 0 aliphatic heterocycles. The molecule has 0 unspecified atom stereocenters. The van der Waals surface area contributed by atoms with E-state index >= 15 is 0 Å². The molecule has 246 valence electrons. The Bertz CT molecular complexity index is 1520. The molecule has 45 heavy (non-hydrogen) atoms. The Hall–Kier alpha value is -4.25. The first kappa shape index (κ1) is 35.2. The number of halogens is 14. The van der Waals surface area contributed by atoms with E-state index in [2.05, 4.69) is 0 Å². The van der Waals surface area contributed by atoms with Gasteiger partial charge in [-0.15, -0.1) is 0 Å². The molecule has 4 nitrogen and oxygen atoms in total. The van der Waals surface area contributed by atoms with E-state index in [1.807, 2.05) is 0 Å². The van der Waals surface area contributed by atoms with Gasteiger partial charge in [0.15, 0.2) is 0 Å². The molecule has 0 fully saturated rings. The fraction of sp³-hybridized carbons (Fsp3) is 0.296. The molecule has 0 spiro atoms. The van der Waals surface area contributed by atoms with E-state index in [-0.39, 0.29) is 29.2 Å². The summed E-state index contributed by atoms with van der Waals surface area (Å²) in [5.74, 6) is -5.92. The zero-order valence-corrected chi connectivity index (χ0v) is 22.1. The highest BCUT2D eigenvalue weighted by atomic mass is 19.4. The Balaban J connectivity index is 2.22. The second kappa shape index (κ2) is 11.9. The number of hydrogen-bond donors (Lipinski definition) is 1. The molecule has 1 amide bonds. The summed E-state index contributed by atoms with van der Waals surface area (Å²) >= 11 is 0. The van der Waals surface area contributed by atoms with Gasteiger partial charge in [-0.05, 0) is 65.2 Å². The molecule has 0 atom stereocenters. The van der Waals surface area contributed by atoms with Crippen LogP contribution in [0, 0.1) is 0 Å². The van der Waals surface area contributed by atoms with E-state index in [4.69, 9.17) is 4.74 Å². The highest BCUT2D eigenvalue weighted by Gasteiger charge is 2.58. The second-order valence-corrected chi connectivity index (χ2v) is 9.41. The lowest BCUT2D eigenvalue weighted by molar-refractivity contribution is -0.289. The van der Waals surface area contributed by atoms with Gasteiger partial charge in [-0.2, -0.15) is 61.5 Å². The van der Waals surface area contributed by atoms with E-state index in [0.29, 0.717) is 30.3 Å². The fourth-order valence-corrected chi connectivity index (χ4v) is 4.17. The topological polar surface area (TPSA) is 49.8 Å². The highest BCUT2D eigenvalue weighted by molar-refractivity contribution is 5.75. The van der Waals surface area contributed by atoms with E-state index in [9.17, 15) is 71.4 Å². The van der Waals surface area contributed by atoms with Crippen molar-refractivity contribution in [1.29, 1.82) is 0 Å². The number of alkyl halides is 14. The lowest BCUT2D eigenvalue weighted by Crippen LogP contribution is -2.33. The van der Waals surface area contributed by atoms with Gasteiger partial charge in [-0.25, -0.2) is 4.79 Å². The Morgan fingerprint density at radius 2 is 1.16 bits per heavy atom. The molecule has 3 aromatic carbocycles. The standard InChI is InChI=1S/C27H17F14NO3/c1-45-21-5-3-15(23(28,29)27(39,40)41)10-20(21)19-4-2-16(24(30,31)32)8-14(19)12-42(22(43)44)11-13-6-17(25(33,34)35)9-18(7-13)26(36,37)38/h2-10H,11-12H2,1H3,(H,43,44). The van der Waals surface area contributed by atoms with Crippen molar-refractivity contribution < 1.29 is 76.1 Å². The zero-order valence-electron chi connectivity index (χ0n) is 22.1. The van der Waals surface area contributed by atoms with Crippen LogP contribution in [0.4, 0.5) is 66.3 Å². The average Bonchev–Trinajstić information content (AvgIpc) is 2.90. The molecule has 0 bridgehead atoms. The predicted octanol–water partition coefficient (Wildman–Crippen LogP) is 9.75. The number of benzene rings is 3. The molecule has 1 N–H and O–H groups in total. The van der Waals surface area contributed by atoms with Crippen LogP contribution < -0.4 is 4.74 Å². The van der Waals surface area contributed by atoms with Crippen LogP contribution in [0.3, 0.4) is 0 Å². The number of carbonyl (C=O) groups is 1. The third-order valence-corrected chi connectivity index (χ3v) is 6.29. The number of methoxy groups -OCH3 is 1. The molecule has 0 heterocycles. The van der Waals surface area contributed by atoms with Gasteiger partial charge in [-0.1, -0.05) is 6.07 Å². The fourth-order valence-electron chi connectivity index (χ4n) is 4.17. The molecule has 3 aromatic rings. The molecule has 18 heteroatoms. The Labute approximate surface area is 243 Å². The third-order valence-electron chi connectivity index (χ3n) is 6.29. The lowest BCUT2D eigenvalue weighted by Gasteiger charge is -2.25. The second-order valence-electron chi connectivity index (χ2n) is 9.41. The van der Waals surface area contributed by atoms with Crippen LogP contribution in [0.15, 0.2) is 54.6 Å². The number of carboxylic acid groups (broad SMARTS) is 1. The smallest absolute Gasteiger partial charge is 0.458 e. The average molecular weight is 669 g/mol. The van der Waals surface area contributed by atoms with Crippen LogP contribution in [-0.4, -0.2) is 29.4 Å². The highest BCUT2D eigenvalue weighted by Crippen LogP contribution is 2.47. The van der Waals surface area contributed by atoms with Gasteiger partial charge in [-0.3, -0.25) is 4.90 Å². The first-order valence-corrected chi connectivity index (χ1v) is 12.0. The van der Waals surface area contributed by atoms with Gasteiger partial charge in [0.25, 0.3) is 0 Å². The molecular weight excluding hydrogens is 652 g/mol. The number of nitrogens with zero attached hydrogens (tertiary/aromatic N) is 1.